The average molecular weight is 476 g/mol. The number of amides is 2. The Morgan fingerprint density at radius 2 is 2.00 bits per heavy atom. The predicted octanol–water partition coefficient (Wildman–Crippen LogP) is 4.16. The molecule has 3 heterocycles. The molecule has 1 atom stereocenters. The number of urea groups is 1. The molecule has 0 radical (unpaired) electrons. The predicted molar refractivity (Wildman–Crippen MR) is 124 cm³/mol. The monoisotopic (exact) mass is 476 g/mol. The molecule has 0 spiro atoms. The maximum Gasteiger partial charge on any atom is 0.341 e. The van der Waals surface area contributed by atoms with E-state index in [2.05, 4.69) is 10.2 Å². The van der Waals surface area contributed by atoms with Gasteiger partial charge < -0.3 is 9.64 Å². The molecule has 0 aliphatic carbocycles. The number of halogens is 2. The van der Waals surface area contributed by atoms with E-state index in [4.69, 9.17) is 10.00 Å². The highest BCUT2D eigenvalue weighted by atomic mass is 19.1. The third-order valence-corrected chi connectivity index (χ3v) is 6.20. The van der Waals surface area contributed by atoms with Gasteiger partial charge in [-0.2, -0.15) is 15.5 Å². The van der Waals surface area contributed by atoms with E-state index in [1.807, 2.05) is 20.0 Å². The molecule has 0 N–H and O–H groups in total. The van der Waals surface area contributed by atoms with Gasteiger partial charge in [0.1, 0.15) is 11.9 Å². The summed E-state index contributed by atoms with van der Waals surface area (Å²) in [6, 6.07) is 9.76. The van der Waals surface area contributed by atoms with Crippen molar-refractivity contribution in [1.29, 1.82) is 5.26 Å². The van der Waals surface area contributed by atoms with Crippen LogP contribution in [-0.2, 0) is 7.05 Å². The van der Waals surface area contributed by atoms with Crippen LogP contribution in [0.15, 0.2) is 47.7 Å². The van der Waals surface area contributed by atoms with Crippen LogP contribution in [0.1, 0.15) is 29.2 Å². The van der Waals surface area contributed by atoms with E-state index < -0.39 is 17.7 Å². The third-order valence-electron chi connectivity index (χ3n) is 6.20. The van der Waals surface area contributed by atoms with Crippen LogP contribution in [0.2, 0.25) is 0 Å². The number of likely N-dealkylation sites (tertiary alicyclic amines) is 1. The summed E-state index contributed by atoms with van der Waals surface area (Å²) >= 11 is 0. The molecule has 2 aliphatic rings. The smallest absolute Gasteiger partial charge is 0.341 e. The van der Waals surface area contributed by atoms with E-state index in [0.29, 0.717) is 12.0 Å². The highest BCUT2D eigenvalue weighted by molar-refractivity contribution is 5.79. The maximum absolute atomic E-state index is 14.5. The first-order valence-corrected chi connectivity index (χ1v) is 11.1. The van der Waals surface area contributed by atoms with Gasteiger partial charge in [-0.15, -0.1) is 0 Å². The molecular weight excluding hydrogens is 454 g/mol. The van der Waals surface area contributed by atoms with Gasteiger partial charge in [0.25, 0.3) is 0 Å². The largest absolute Gasteiger partial charge is 0.484 e. The number of hydrogen-bond acceptors (Lipinski definition) is 5. The molecule has 2 aliphatic heterocycles. The topological polar surface area (TPSA) is 86.8 Å². The minimum absolute atomic E-state index is 0.112. The number of carbonyl (C=O) groups excluding carboxylic acids is 1. The van der Waals surface area contributed by atoms with E-state index in [9.17, 15) is 13.6 Å². The van der Waals surface area contributed by atoms with E-state index >= 15 is 0 Å². The number of ether oxygens (including phenoxy) is 1. The molecule has 2 amide bonds. The first-order chi connectivity index (χ1) is 16.8. The molecule has 10 heteroatoms. The van der Waals surface area contributed by atoms with Gasteiger partial charge in [0.05, 0.1) is 42.7 Å². The molecule has 0 bridgehead atoms. The molecule has 8 nitrogen and oxygen atoms in total. The van der Waals surface area contributed by atoms with Crippen molar-refractivity contribution in [2.45, 2.75) is 25.5 Å². The van der Waals surface area contributed by atoms with Gasteiger partial charge >= 0.3 is 6.03 Å². The second-order valence-corrected chi connectivity index (χ2v) is 8.65. The zero-order valence-corrected chi connectivity index (χ0v) is 19.2. The molecule has 2 aromatic carbocycles. The number of benzene rings is 2. The number of aryl methyl sites for hydroxylation is 2. The summed E-state index contributed by atoms with van der Waals surface area (Å²) in [6.07, 6.45) is 3.38. The lowest BCUT2D eigenvalue weighted by molar-refractivity contribution is 0.0257. The van der Waals surface area contributed by atoms with Crippen molar-refractivity contribution in [3.63, 3.8) is 0 Å². The maximum atomic E-state index is 14.5. The molecule has 35 heavy (non-hydrogen) atoms. The van der Waals surface area contributed by atoms with Crippen molar-refractivity contribution < 1.29 is 18.3 Å². The number of hydrogen-bond donors (Lipinski definition) is 0. The summed E-state index contributed by atoms with van der Waals surface area (Å²) in [4.78, 5) is 14.6. The van der Waals surface area contributed by atoms with Crippen LogP contribution >= 0.6 is 0 Å². The van der Waals surface area contributed by atoms with Crippen LogP contribution in [0.4, 0.5) is 13.6 Å². The zero-order chi connectivity index (χ0) is 24.7. The second-order valence-electron chi connectivity index (χ2n) is 8.65. The first-order valence-electron chi connectivity index (χ1n) is 11.1. The van der Waals surface area contributed by atoms with E-state index in [-0.39, 0.29) is 36.5 Å². The number of rotatable bonds is 4. The number of nitriles is 1. The molecule has 1 aromatic heterocycles. The van der Waals surface area contributed by atoms with Crippen molar-refractivity contribution in [3.8, 4) is 23.1 Å². The quantitative estimate of drug-likeness (QED) is 0.566. The second kappa shape index (κ2) is 8.83. The number of nitrogens with zero attached hydrogens (tertiary/aromatic N) is 6. The highest BCUT2D eigenvalue weighted by Crippen LogP contribution is 2.33. The zero-order valence-electron chi connectivity index (χ0n) is 19.2. The van der Waals surface area contributed by atoms with Gasteiger partial charge in [-0.1, -0.05) is 0 Å². The van der Waals surface area contributed by atoms with Crippen LogP contribution in [0, 0.1) is 29.9 Å². The standard InChI is InChI=1S/C25H22F2N6O2/c1-15-12-30-31(2)24(15)17-3-4-21(27)23(10-17)35-20-13-32(14-20)25(34)33-22(5-6-29-33)18-7-16(11-28)8-19(26)9-18/h3-4,6-10,12,20,22H,5,13-14H2,1-2H3/t22-/m0/s1. The Balaban J connectivity index is 1.25. The Hall–Kier alpha value is -4.26. The van der Waals surface area contributed by atoms with Crippen LogP contribution in [0.25, 0.3) is 11.3 Å². The Morgan fingerprint density at radius 3 is 2.71 bits per heavy atom. The molecule has 5 rings (SSSR count). The summed E-state index contributed by atoms with van der Waals surface area (Å²) in [6.45, 7) is 2.46. The molecule has 0 saturated carbocycles. The van der Waals surface area contributed by atoms with E-state index in [0.717, 1.165) is 22.9 Å². The fourth-order valence-corrected chi connectivity index (χ4v) is 4.44. The van der Waals surface area contributed by atoms with Crippen molar-refractivity contribution in [3.05, 3.63) is 70.9 Å². The fraction of sp³-hybridized carbons (Fsp3) is 0.280. The fourth-order valence-electron chi connectivity index (χ4n) is 4.44. The van der Waals surface area contributed by atoms with Crippen LogP contribution in [-0.4, -0.2) is 51.1 Å². The number of hydrazone groups is 1. The molecule has 1 fully saturated rings. The van der Waals surface area contributed by atoms with Gasteiger partial charge in [0.15, 0.2) is 11.6 Å². The lowest BCUT2D eigenvalue weighted by Gasteiger charge is -2.41. The minimum Gasteiger partial charge on any atom is -0.484 e. The number of carbonyl (C=O) groups is 1. The Morgan fingerprint density at radius 1 is 1.20 bits per heavy atom. The molecule has 178 valence electrons. The lowest BCUT2D eigenvalue weighted by atomic mass is 10.0. The van der Waals surface area contributed by atoms with E-state index in [1.165, 1.54) is 22.0 Å². The van der Waals surface area contributed by atoms with Gasteiger partial charge in [0.2, 0.25) is 0 Å². The van der Waals surface area contributed by atoms with Crippen molar-refractivity contribution in [2.24, 2.45) is 12.1 Å². The van der Waals surface area contributed by atoms with Crippen molar-refractivity contribution >= 4 is 12.2 Å². The Bertz CT molecular complexity index is 1350. The summed E-state index contributed by atoms with van der Waals surface area (Å²) < 4.78 is 36.0. The summed E-state index contributed by atoms with van der Waals surface area (Å²) in [5.41, 5.74) is 3.31. The first kappa shape index (κ1) is 22.5. The molecule has 0 unspecified atom stereocenters. The average Bonchev–Trinajstić information content (AvgIpc) is 3.43. The minimum atomic E-state index is -0.540. The van der Waals surface area contributed by atoms with Crippen molar-refractivity contribution in [2.75, 3.05) is 13.1 Å². The van der Waals surface area contributed by atoms with Crippen LogP contribution in [0.3, 0.4) is 0 Å². The number of aromatic nitrogens is 2. The highest BCUT2D eigenvalue weighted by Gasteiger charge is 2.39. The summed E-state index contributed by atoms with van der Waals surface area (Å²) in [5.74, 6) is -0.913. The SMILES string of the molecule is Cc1cnn(C)c1-c1ccc(F)c(OC2CN(C(=O)N3N=CC[C@H]3c3cc(F)cc(C#N)c3)C2)c1. The van der Waals surface area contributed by atoms with Gasteiger partial charge in [0, 0.05) is 25.2 Å². The molecular formula is C25H22F2N6O2. The molecule has 3 aromatic rings. The van der Waals surface area contributed by atoms with Gasteiger partial charge in [-0.3, -0.25) is 4.68 Å². The summed E-state index contributed by atoms with van der Waals surface area (Å²) in [7, 11) is 1.82. The van der Waals surface area contributed by atoms with Gasteiger partial charge in [-0.25, -0.2) is 18.6 Å². The van der Waals surface area contributed by atoms with Crippen LogP contribution < -0.4 is 4.74 Å². The van der Waals surface area contributed by atoms with Gasteiger partial charge in [-0.05, 0) is 54.4 Å². The van der Waals surface area contributed by atoms with Crippen molar-refractivity contribution in [1.82, 2.24) is 19.7 Å². The molecule has 1 saturated heterocycles. The Kier molecular flexibility index (Phi) is 5.68. The van der Waals surface area contributed by atoms with E-state index in [1.54, 1.807) is 35.3 Å². The lowest BCUT2D eigenvalue weighted by Crippen LogP contribution is -2.58. The normalized spacial score (nSPS) is 17.4. The summed E-state index contributed by atoms with van der Waals surface area (Å²) in [5, 5.41) is 18.8. The third kappa shape index (κ3) is 4.21. The van der Waals surface area contributed by atoms with Crippen LogP contribution in [0.5, 0.6) is 5.75 Å². The Labute approximate surface area is 200 Å².